The van der Waals surface area contributed by atoms with Gasteiger partial charge in [-0.2, -0.15) is 5.10 Å². The highest BCUT2D eigenvalue weighted by molar-refractivity contribution is 5.97. The molecule has 100 valence electrons. The van der Waals surface area contributed by atoms with Crippen molar-refractivity contribution >= 4 is 5.78 Å². The van der Waals surface area contributed by atoms with Crippen LogP contribution in [0, 0.1) is 5.82 Å². The van der Waals surface area contributed by atoms with E-state index >= 15 is 0 Å². The minimum atomic E-state index is -0.530. The lowest BCUT2D eigenvalue weighted by Crippen LogP contribution is -2.04. The van der Waals surface area contributed by atoms with Crippen molar-refractivity contribution in [1.82, 2.24) is 9.78 Å². The van der Waals surface area contributed by atoms with Crippen LogP contribution in [0.15, 0.2) is 30.6 Å². The predicted molar refractivity (Wildman–Crippen MR) is 68.9 cm³/mol. The summed E-state index contributed by atoms with van der Waals surface area (Å²) in [5.74, 6) is -0.537. The number of aromatic nitrogens is 2. The molecular weight excluding hydrogens is 247 g/mol. The first-order valence-corrected chi connectivity index (χ1v) is 6.02. The molecule has 1 heterocycles. The molecule has 19 heavy (non-hydrogen) atoms. The van der Waals surface area contributed by atoms with Gasteiger partial charge in [0.15, 0.2) is 17.3 Å². The van der Waals surface area contributed by atoms with Crippen LogP contribution < -0.4 is 4.74 Å². The molecule has 0 bridgehead atoms. The van der Waals surface area contributed by atoms with Gasteiger partial charge >= 0.3 is 0 Å². The third kappa shape index (κ3) is 2.99. The number of ketones is 1. The molecule has 0 atom stereocenters. The quantitative estimate of drug-likeness (QED) is 0.777. The Balaban J connectivity index is 2.13. The Kier molecular flexibility index (Phi) is 3.94. The molecule has 1 aromatic carbocycles. The van der Waals surface area contributed by atoms with Gasteiger partial charge in [0.25, 0.3) is 0 Å². The lowest BCUT2D eigenvalue weighted by atomic mass is 10.1. The Labute approximate surface area is 110 Å². The molecule has 0 saturated carbocycles. The van der Waals surface area contributed by atoms with Gasteiger partial charge in [0.05, 0.1) is 13.3 Å². The second-order valence-corrected chi connectivity index (χ2v) is 4.15. The van der Waals surface area contributed by atoms with E-state index in [1.165, 1.54) is 19.2 Å². The number of benzene rings is 1. The van der Waals surface area contributed by atoms with Crippen LogP contribution in [0.1, 0.15) is 22.8 Å². The van der Waals surface area contributed by atoms with E-state index in [0.717, 1.165) is 12.1 Å². The fourth-order valence-corrected chi connectivity index (χ4v) is 1.80. The lowest BCUT2D eigenvalue weighted by Gasteiger charge is -2.04. The predicted octanol–water partition coefficient (Wildman–Crippen LogP) is 2.48. The number of hydrogen-bond donors (Lipinski definition) is 0. The van der Waals surface area contributed by atoms with E-state index < -0.39 is 5.82 Å². The molecule has 0 amide bonds. The van der Waals surface area contributed by atoms with Gasteiger partial charge in [-0.25, -0.2) is 4.39 Å². The highest BCUT2D eigenvalue weighted by Crippen LogP contribution is 2.18. The van der Waals surface area contributed by atoms with Crippen molar-refractivity contribution < 1.29 is 13.9 Å². The molecule has 2 aromatic rings. The van der Waals surface area contributed by atoms with E-state index in [2.05, 4.69) is 5.10 Å². The summed E-state index contributed by atoms with van der Waals surface area (Å²) in [5.41, 5.74) is 1.16. The fourth-order valence-electron chi connectivity index (χ4n) is 1.80. The van der Waals surface area contributed by atoms with Gasteiger partial charge in [-0.15, -0.1) is 0 Å². The van der Waals surface area contributed by atoms with Gasteiger partial charge in [-0.3, -0.25) is 9.48 Å². The maximum Gasteiger partial charge on any atom is 0.167 e. The maximum absolute atomic E-state index is 13.5. The second-order valence-electron chi connectivity index (χ2n) is 4.15. The van der Waals surface area contributed by atoms with Crippen LogP contribution >= 0.6 is 0 Å². The largest absolute Gasteiger partial charge is 0.494 e. The Morgan fingerprint density at radius 1 is 1.47 bits per heavy atom. The number of carbonyl (C=O) groups is 1. The number of Topliss-reactive ketones (excluding diaryl/α,β-unsaturated/α-hetero) is 1. The molecule has 0 radical (unpaired) electrons. The first-order valence-electron chi connectivity index (χ1n) is 6.02. The SMILES string of the molecule is CCn1cc(CC(=O)c2ccc(OC)c(F)c2)cn1. The number of methoxy groups -OCH3 is 1. The highest BCUT2D eigenvalue weighted by atomic mass is 19.1. The molecular formula is C14H15FN2O2. The van der Waals surface area contributed by atoms with E-state index in [-0.39, 0.29) is 18.0 Å². The Morgan fingerprint density at radius 3 is 2.84 bits per heavy atom. The monoisotopic (exact) mass is 262 g/mol. The topological polar surface area (TPSA) is 44.1 Å². The van der Waals surface area contributed by atoms with Crippen molar-refractivity contribution in [3.8, 4) is 5.75 Å². The normalized spacial score (nSPS) is 10.5. The van der Waals surface area contributed by atoms with Gasteiger partial charge in [0.1, 0.15) is 0 Å². The molecule has 2 rings (SSSR count). The van der Waals surface area contributed by atoms with Crippen molar-refractivity contribution in [2.75, 3.05) is 7.11 Å². The summed E-state index contributed by atoms with van der Waals surface area (Å²) in [4.78, 5) is 12.0. The van der Waals surface area contributed by atoms with E-state index in [4.69, 9.17) is 4.74 Å². The Morgan fingerprint density at radius 2 is 2.26 bits per heavy atom. The molecule has 0 spiro atoms. The number of ether oxygens (including phenoxy) is 1. The molecule has 0 fully saturated rings. The molecule has 0 saturated heterocycles. The van der Waals surface area contributed by atoms with E-state index in [1.807, 2.05) is 13.1 Å². The van der Waals surface area contributed by atoms with Crippen molar-refractivity contribution in [3.05, 3.63) is 47.5 Å². The van der Waals surface area contributed by atoms with Crippen LogP contribution in [0.5, 0.6) is 5.75 Å². The lowest BCUT2D eigenvalue weighted by molar-refractivity contribution is 0.0992. The molecule has 1 aromatic heterocycles. The van der Waals surface area contributed by atoms with Crippen LogP contribution in [-0.4, -0.2) is 22.7 Å². The third-order valence-electron chi connectivity index (χ3n) is 2.85. The number of halogens is 1. The maximum atomic E-state index is 13.5. The molecule has 0 N–H and O–H groups in total. The molecule has 0 aliphatic heterocycles. The van der Waals surface area contributed by atoms with E-state index in [9.17, 15) is 9.18 Å². The zero-order valence-corrected chi connectivity index (χ0v) is 10.9. The number of rotatable bonds is 5. The Bertz CT molecular complexity index is 593. The molecule has 4 nitrogen and oxygen atoms in total. The first-order chi connectivity index (χ1) is 9.13. The fraction of sp³-hybridized carbons (Fsp3) is 0.286. The van der Waals surface area contributed by atoms with Gasteiger partial charge in [-0.05, 0) is 30.7 Å². The van der Waals surface area contributed by atoms with Crippen LogP contribution in [0.2, 0.25) is 0 Å². The van der Waals surface area contributed by atoms with Crippen LogP contribution in [0.4, 0.5) is 4.39 Å². The van der Waals surface area contributed by atoms with Gasteiger partial charge < -0.3 is 4.74 Å². The average molecular weight is 262 g/mol. The van der Waals surface area contributed by atoms with Crippen molar-refractivity contribution in [3.63, 3.8) is 0 Å². The van der Waals surface area contributed by atoms with E-state index in [0.29, 0.717) is 5.56 Å². The van der Waals surface area contributed by atoms with Gasteiger partial charge in [0, 0.05) is 24.7 Å². The number of nitrogens with zero attached hydrogens (tertiary/aromatic N) is 2. The number of carbonyl (C=O) groups excluding carboxylic acids is 1. The average Bonchev–Trinajstić information content (AvgIpc) is 2.86. The van der Waals surface area contributed by atoms with Crippen molar-refractivity contribution in [1.29, 1.82) is 0 Å². The Hall–Kier alpha value is -2.17. The number of hydrogen-bond acceptors (Lipinski definition) is 3. The summed E-state index contributed by atoms with van der Waals surface area (Å²) in [6.07, 6.45) is 3.69. The van der Waals surface area contributed by atoms with Crippen LogP contribution in [0.25, 0.3) is 0 Å². The van der Waals surface area contributed by atoms with Crippen LogP contribution in [-0.2, 0) is 13.0 Å². The molecule has 5 heteroatoms. The van der Waals surface area contributed by atoms with E-state index in [1.54, 1.807) is 16.9 Å². The van der Waals surface area contributed by atoms with Gasteiger partial charge in [0.2, 0.25) is 0 Å². The summed E-state index contributed by atoms with van der Waals surface area (Å²) in [7, 11) is 1.39. The molecule has 0 aliphatic carbocycles. The zero-order chi connectivity index (χ0) is 13.8. The number of aryl methyl sites for hydroxylation is 1. The minimum absolute atomic E-state index is 0.135. The zero-order valence-electron chi connectivity index (χ0n) is 10.9. The second kappa shape index (κ2) is 5.65. The highest BCUT2D eigenvalue weighted by Gasteiger charge is 2.11. The summed E-state index contributed by atoms with van der Waals surface area (Å²) >= 11 is 0. The van der Waals surface area contributed by atoms with Gasteiger partial charge in [-0.1, -0.05) is 0 Å². The molecule has 0 unspecified atom stereocenters. The van der Waals surface area contributed by atoms with Crippen molar-refractivity contribution in [2.45, 2.75) is 19.9 Å². The van der Waals surface area contributed by atoms with Crippen molar-refractivity contribution in [2.24, 2.45) is 0 Å². The van der Waals surface area contributed by atoms with Crippen LogP contribution in [0.3, 0.4) is 0 Å². The smallest absolute Gasteiger partial charge is 0.167 e. The summed E-state index contributed by atoms with van der Waals surface area (Å²) in [6.45, 7) is 2.73. The minimum Gasteiger partial charge on any atom is -0.494 e. The molecule has 0 aliphatic rings. The standard InChI is InChI=1S/C14H15FN2O2/c1-3-17-9-10(8-16-17)6-13(18)11-4-5-14(19-2)12(15)7-11/h4-5,7-9H,3,6H2,1-2H3. The first kappa shape index (κ1) is 13.3. The summed E-state index contributed by atoms with van der Waals surface area (Å²) in [6, 6.07) is 4.22. The summed E-state index contributed by atoms with van der Waals surface area (Å²) < 4.78 is 20.1. The summed E-state index contributed by atoms with van der Waals surface area (Å²) in [5, 5.41) is 4.10. The third-order valence-corrected chi connectivity index (χ3v) is 2.85.